The van der Waals surface area contributed by atoms with Crippen LogP contribution in [0, 0.1) is 0 Å². The second kappa shape index (κ2) is 4.10. The topological polar surface area (TPSA) is 66.0 Å². The molecular weight excluding hydrogens is 228 g/mol. The molecule has 1 aliphatic rings. The van der Waals surface area contributed by atoms with Gasteiger partial charge in [-0.15, -0.1) is 10.2 Å². The van der Waals surface area contributed by atoms with E-state index in [1.807, 2.05) is 24.3 Å². The first-order chi connectivity index (χ1) is 9.91. The smallest absolute Gasteiger partial charge is 0.133 e. The fraction of sp³-hybridized carbons (Fsp3) is 0.385. The van der Waals surface area contributed by atoms with Crippen LogP contribution in [0.15, 0.2) is 30.6 Å². The first-order valence-electron chi connectivity index (χ1n) is 7.24. The largest absolute Gasteiger partial charge is 0.399 e. The highest BCUT2D eigenvalue weighted by molar-refractivity contribution is 5.44. The minimum atomic E-state index is -2.28. The molecule has 5 heteroatoms. The molecule has 3 rings (SSSR count). The lowest BCUT2D eigenvalue weighted by Crippen LogP contribution is -2.49. The van der Waals surface area contributed by atoms with Gasteiger partial charge < -0.3 is 15.0 Å². The van der Waals surface area contributed by atoms with Crippen LogP contribution >= 0.6 is 0 Å². The van der Waals surface area contributed by atoms with Gasteiger partial charge in [-0.25, -0.2) is 0 Å². The average molecular weight is 247 g/mol. The van der Waals surface area contributed by atoms with Gasteiger partial charge in [0.2, 0.25) is 0 Å². The summed E-state index contributed by atoms with van der Waals surface area (Å²) >= 11 is 0. The van der Waals surface area contributed by atoms with Crippen molar-refractivity contribution in [2.45, 2.75) is 11.8 Å². The highest BCUT2D eigenvalue weighted by atomic mass is 16.5. The predicted octanol–water partition coefficient (Wildman–Crippen LogP) is 0.908. The standard InChI is InChI=1S/C13H16N4O/c1-17-9-15-16-12(17)6-13(7-18-8-13)10-3-2-4-11(14)5-10/h2-5,9H,6-8,14H2,1H3/i1D3. The third kappa shape index (κ3) is 1.76. The third-order valence-corrected chi connectivity index (χ3v) is 3.37. The molecule has 0 radical (unpaired) electrons. The zero-order chi connectivity index (χ0) is 15.1. The van der Waals surface area contributed by atoms with Gasteiger partial charge in [0.1, 0.15) is 12.2 Å². The first kappa shape index (κ1) is 8.26. The molecule has 1 aromatic heterocycles. The SMILES string of the molecule is [2H]C([2H])([2H])n1cnnc1CC1(c2cccc(N)c2)COC1. The lowest BCUT2D eigenvalue weighted by molar-refractivity contribution is -0.0610. The van der Waals surface area contributed by atoms with Gasteiger partial charge in [-0.3, -0.25) is 0 Å². The second-order valence-corrected chi connectivity index (χ2v) is 4.69. The molecule has 5 nitrogen and oxygen atoms in total. The molecule has 0 unspecified atom stereocenters. The van der Waals surface area contributed by atoms with Crippen molar-refractivity contribution in [3.05, 3.63) is 42.0 Å². The summed E-state index contributed by atoms with van der Waals surface area (Å²) in [5.74, 6) is 0.431. The summed E-state index contributed by atoms with van der Waals surface area (Å²) in [4.78, 5) is 0. The van der Waals surface area contributed by atoms with Crippen molar-refractivity contribution in [1.82, 2.24) is 14.8 Å². The Hall–Kier alpha value is -1.88. The number of aromatic nitrogens is 3. The quantitative estimate of drug-likeness (QED) is 0.819. The number of aryl methyl sites for hydroxylation is 1. The van der Waals surface area contributed by atoms with Crippen molar-refractivity contribution in [3.63, 3.8) is 0 Å². The van der Waals surface area contributed by atoms with E-state index in [1.54, 1.807) is 0 Å². The number of benzene rings is 1. The Morgan fingerprint density at radius 1 is 1.56 bits per heavy atom. The molecule has 0 bridgehead atoms. The molecule has 0 aliphatic carbocycles. The van der Waals surface area contributed by atoms with Crippen LogP contribution in [0.1, 0.15) is 15.5 Å². The van der Waals surface area contributed by atoms with E-state index < -0.39 is 6.98 Å². The predicted molar refractivity (Wildman–Crippen MR) is 68.1 cm³/mol. The van der Waals surface area contributed by atoms with Gasteiger partial charge in [0.15, 0.2) is 0 Å². The van der Waals surface area contributed by atoms with Gasteiger partial charge in [0.05, 0.1) is 13.2 Å². The van der Waals surface area contributed by atoms with E-state index in [-0.39, 0.29) is 5.41 Å². The molecule has 2 N–H and O–H groups in total. The summed E-state index contributed by atoms with van der Waals surface area (Å²) < 4.78 is 29.1. The van der Waals surface area contributed by atoms with Crippen LogP contribution in [-0.4, -0.2) is 28.0 Å². The van der Waals surface area contributed by atoms with Crippen LogP contribution in [0.5, 0.6) is 0 Å². The fourth-order valence-corrected chi connectivity index (χ4v) is 2.27. The minimum absolute atomic E-state index is 0.286. The highest BCUT2D eigenvalue weighted by Gasteiger charge is 2.41. The Kier molecular flexibility index (Phi) is 1.88. The molecule has 0 atom stereocenters. The number of rotatable bonds is 3. The number of nitrogen functional groups attached to an aromatic ring is 1. The van der Waals surface area contributed by atoms with E-state index in [9.17, 15) is 0 Å². The van der Waals surface area contributed by atoms with Crippen molar-refractivity contribution >= 4 is 5.69 Å². The molecule has 2 aromatic rings. The summed E-state index contributed by atoms with van der Waals surface area (Å²) in [7, 11) is 0. The molecule has 0 spiro atoms. The number of nitrogens with zero attached hydrogens (tertiary/aromatic N) is 3. The minimum Gasteiger partial charge on any atom is -0.399 e. The number of nitrogens with two attached hydrogens (primary N) is 1. The molecule has 18 heavy (non-hydrogen) atoms. The Morgan fingerprint density at radius 3 is 3.11 bits per heavy atom. The van der Waals surface area contributed by atoms with Crippen LogP contribution in [-0.2, 0) is 23.5 Å². The van der Waals surface area contributed by atoms with Gasteiger partial charge in [-0.1, -0.05) is 12.1 Å². The van der Waals surface area contributed by atoms with Crippen molar-refractivity contribution in [2.24, 2.45) is 6.98 Å². The Morgan fingerprint density at radius 2 is 2.44 bits per heavy atom. The summed E-state index contributed by atoms with van der Waals surface area (Å²) in [5, 5.41) is 7.69. The monoisotopic (exact) mass is 247 g/mol. The average Bonchev–Trinajstić information content (AvgIpc) is 2.81. The second-order valence-electron chi connectivity index (χ2n) is 4.69. The maximum absolute atomic E-state index is 7.52. The summed E-state index contributed by atoms with van der Waals surface area (Å²) in [6, 6.07) is 7.59. The summed E-state index contributed by atoms with van der Waals surface area (Å²) in [6.07, 6.45) is 1.70. The number of hydrogen-bond acceptors (Lipinski definition) is 4. The molecule has 0 amide bonds. The maximum atomic E-state index is 7.52. The molecule has 1 aliphatic heterocycles. The highest BCUT2D eigenvalue weighted by Crippen LogP contribution is 2.36. The summed E-state index contributed by atoms with van der Waals surface area (Å²) in [5.41, 5.74) is 7.27. The van der Waals surface area contributed by atoms with E-state index in [0.29, 0.717) is 31.1 Å². The lowest BCUT2D eigenvalue weighted by atomic mass is 9.75. The van der Waals surface area contributed by atoms with Crippen LogP contribution in [0.25, 0.3) is 0 Å². The van der Waals surface area contributed by atoms with E-state index >= 15 is 0 Å². The third-order valence-electron chi connectivity index (χ3n) is 3.37. The molecule has 1 aromatic carbocycles. The van der Waals surface area contributed by atoms with Crippen LogP contribution in [0.4, 0.5) is 5.69 Å². The van der Waals surface area contributed by atoms with Crippen molar-refractivity contribution < 1.29 is 8.85 Å². The number of ether oxygens (including phenoxy) is 1. The summed E-state index contributed by atoms with van der Waals surface area (Å²) in [6.45, 7) is -1.24. The Balaban J connectivity index is 1.94. The van der Waals surface area contributed by atoms with Crippen LogP contribution < -0.4 is 5.73 Å². The fourth-order valence-electron chi connectivity index (χ4n) is 2.27. The van der Waals surface area contributed by atoms with Gasteiger partial charge in [0, 0.05) is 28.6 Å². The molecular formula is C13H16N4O. The van der Waals surface area contributed by atoms with E-state index in [2.05, 4.69) is 10.2 Å². The van der Waals surface area contributed by atoms with Gasteiger partial charge in [-0.05, 0) is 17.7 Å². The Labute approximate surface area is 110 Å². The molecule has 94 valence electrons. The number of anilines is 1. The molecule has 1 saturated heterocycles. The molecule has 2 heterocycles. The molecule has 1 fully saturated rings. The van der Waals surface area contributed by atoms with E-state index in [1.165, 1.54) is 6.33 Å². The van der Waals surface area contributed by atoms with Crippen LogP contribution in [0.2, 0.25) is 0 Å². The molecule has 0 saturated carbocycles. The first-order valence-corrected chi connectivity index (χ1v) is 5.74. The van der Waals surface area contributed by atoms with E-state index in [0.717, 1.165) is 10.1 Å². The zero-order valence-corrected chi connectivity index (χ0v) is 9.84. The van der Waals surface area contributed by atoms with Crippen molar-refractivity contribution in [1.29, 1.82) is 0 Å². The van der Waals surface area contributed by atoms with Crippen molar-refractivity contribution in [3.8, 4) is 0 Å². The van der Waals surface area contributed by atoms with Gasteiger partial charge in [0.25, 0.3) is 0 Å². The van der Waals surface area contributed by atoms with Gasteiger partial charge in [-0.2, -0.15) is 0 Å². The van der Waals surface area contributed by atoms with Crippen LogP contribution in [0.3, 0.4) is 0 Å². The van der Waals surface area contributed by atoms with E-state index in [4.69, 9.17) is 14.6 Å². The normalized spacial score (nSPS) is 20.6. The van der Waals surface area contributed by atoms with Crippen molar-refractivity contribution in [2.75, 3.05) is 18.9 Å². The Bertz CT molecular complexity index is 649. The lowest BCUT2D eigenvalue weighted by Gasteiger charge is -2.41. The maximum Gasteiger partial charge on any atom is 0.133 e. The van der Waals surface area contributed by atoms with Gasteiger partial charge >= 0.3 is 0 Å². The number of hydrogen-bond donors (Lipinski definition) is 1. The zero-order valence-electron chi connectivity index (χ0n) is 12.8.